The quantitative estimate of drug-likeness (QED) is 0.671. The number of nitrogens with one attached hydrogen (secondary N) is 3. The first-order valence-corrected chi connectivity index (χ1v) is 9.75. The number of carbonyl (C=O) groups is 2. The van der Waals surface area contributed by atoms with Crippen LogP contribution in [0, 0.1) is 11.7 Å². The van der Waals surface area contributed by atoms with E-state index in [0.717, 1.165) is 6.07 Å². The van der Waals surface area contributed by atoms with Crippen molar-refractivity contribution in [1.82, 2.24) is 5.32 Å². The van der Waals surface area contributed by atoms with E-state index in [0.29, 0.717) is 0 Å². The maximum absolute atomic E-state index is 13.2. The molecule has 7 nitrogen and oxygen atoms in total. The van der Waals surface area contributed by atoms with Crippen molar-refractivity contribution in [2.45, 2.75) is 6.92 Å². The molecule has 2 amide bonds. The molecule has 1 unspecified atom stereocenters. The number of hydrogen-bond donors (Lipinski definition) is 3. The minimum atomic E-state index is -3.88. The Morgan fingerprint density at radius 3 is 2.48 bits per heavy atom. The van der Waals surface area contributed by atoms with E-state index in [2.05, 4.69) is 15.4 Å². The molecule has 3 N–H and O–H groups in total. The van der Waals surface area contributed by atoms with Crippen molar-refractivity contribution >= 4 is 33.2 Å². The minimum Gasteiger partial charge on any atom is -0.355 e. The van der Waals surface area contributed by atoms with Crippen molar-refractivity contribution in [1.29, 1.82) is 0 Å². The van der Waals surface area contributed by atoms with Crippen LogP contribution >= 0.6 is 0 Å². The number of hydrogen-bond acceptors (Lipinski definition) is 4. The van der Waals surface area contributed by atoms with Gasteiger partial charge in [0.15, 0.2) is 0 Å². The molecule has 0 saturated heterocycles. The first-order valence-electron chi connectivity index (χ1n) is 8.10. The minimum absolute atomic E-state index is 0.0765. The standard InChI is InChI=1S/C18H20FN3O4S/c1-12(11-27(25,26)22-14-7-5-6-13(19)10-14)17(23)21-16-9-4-3-8-15(16)18(24)20-2/h3-10,12,22H,11H2,1-2H3,(H,20,24)(H,21,23). The van der Waals surface area contributed by atoms with Gasteiger partial charge >= 0.3 is 0 Å². The summed E-state index contributed by atoms with van der Waals surface area (Å²) in [6.07, 6.45) is 0. The number of para-hydroxylation sites is 1. The molecular formula is C18H20FN3O4S. The summed E-state index contributed by atoms with van der Waals surface area (Å²) < 4.78 is 39.9. The van der Waals surface area contributed by atoms with E-state index in [4.69, 9.17) is 0 Å². The smallest absolute Gasteiger partial charge is 0.253 e. The van der Waals surface area contributed by atoms with E-state index in [-0.39, 0.29) is 22.8 Å². The average molecular weight is 393 g/mol. The summed E-state index contributed by atoms with van der Waals surface area (Å²) in [5, 5.41) is 5.04. The van der Waals surface area contributed by atoms with Gasteiger partial charge in [0.25, 0.3) is 5.91 Å². The van der Waals surface area contributed by atoms with E-state index < -0.39 is 33.4 Å². The highest BCUT2D eigenvalue weighted by Crippen LogP contribution is 2.17. The SMILES string of the molecule is CNC(=O)c1ccccc1NC(=O)C(C)CS(=O)(=O)Nc1cccc(F)c1. The number of rotatable bonds is 7. The molecule has 0 aliphatic carbocycles. The number of carbonyl (C=O) groups excluding carboxylic acids is 2. The fourth-order valence-electron chi connectivity index (χ4n) is 2.36. The fraction of sp³-hybridized carbons (Fsp3) is 0.222. The highest BCUT2D eigenvalue weighted by Gasteiger charge is 2.23. The van der Waals surface area contributed by atoms with Crippen molar-refractivity contribution in [2.24, 2.45) is 5.92 Å². The van der Waals surface area contributed by atoms with Crippen molar-refractivity contribution < 1.29 is 22.4 Å². The van der Waals surface area contributed by atoms with Crippen molar-refractivity contribution in [3.05, 3.63) is 59.9 Å². The average Bonchev–Trinajstić information content (AvgIpc) is 2.60. The second kappa shape index (κ2) is 8.63. The predicted molar refractivity (Wildman–Crippen MR) is 101 cm³/mol. The number of amides is 2. The third kappa shape index (κ3) is 5.78. The number of sulfonamides is 1. The summed E-state index contributed by atoms with van der Waals surface area (Å²) in [7, 11) is -2.41. The topological polar surface area (TPSA) is 104 Å². The van der Waals surface area contributed by atoms with Crippen LogP contribution in [0.4, 0.5) is 15.8 Å². The van der Waals surface area contributed by atoms with Gasteiger partial charge in [0.05, 0.1) is 28.6 Å². The maximum Gasteiger partial charge on any atom is 0.253 e. The van der Waals surface area contributed by atoms with Crippen molar-refractivity contribution in [2.75, 3.05) is 22.8 Å². The maximum atomic E-state index is 13.2. The molecule has 2 aromatic carbocycles. The number of halogens is 1. The number of anilines is 2. The Labute approximate surface area is 157 Å². The molecule has 144 valence electrons. The van der Waals surface area contributed by atoms with E-state index >= 15 is 0 Å². The summed E-state index contributed by atoms with van der Waals surface area (Å²) in [5.74, 6) is -2.92. The van der Waals surface area contributed by atoms with E-state index in [1.54, 1.807) is 24.3 Å². The molecule has 0 radical (unpaired) electrons. The Morgan fingerprint density at radius 2 is 1.81 bits per heavy atom. The lowest BCUT2D eigenvalue weighted by molar-refractivity contribution is -0.118. The number of benzene rings is 2. The molecule has 0 aromatic heterocycles. The molecule has 2 aromatic rings. The lowest BCUT2D eigenvalue weighted by Gasteiger charge is -2.15. The van der Waals surface area contributed by atoms with Crippen LogP contribution in [0.1, 0.15) is 17.3 Å². The van der Waals surface area contributed by atoms with Crippen LogP contribution < -0.4 is 15.4 Å². The zero-order chi connectivity index (χ0) is 20.0. The van der Waals surface area contributed by atoms with Gasteiger partial charge in [-0.3, -0.25) is 14.3 Å². The van der Waals surface area contributed by atoms with Gasteiger partial charge in [0.1, 0.15) is 5.82 Å². The largest absolute Gasteiger partial charge is 0.355 e. The normalized spacial score (nSPS) is 12.1. The van der Waals surface area contributed by atoms with Crippen molar-refractivity contribution in [3.8, 4) is 0 Å². The van der Waals surface area contributed by atoms with Gasteiger partial charge in [0, 0.05) is 7.05 Å². The summed E-state index contributed by atoms with van der Waals surface area (Å²) in [6.45, 7) is 1.45. The van der Waals surface area contributed by atoms with Crippen LogP contribution in [-0.4, -0.2) is 33.0 Å². The van der Waals surface area contributed by atoms with Gasteiger partial charge in [-0.05, 0) is 30.3 Å². The van der Waals surface area contributed by atoms with Gasteiger partial charge in [0.2, 0.25) is 15.9 Å². The molecule has 0 spiro atoms. The Bertz CT molecular complexity index is 947. The van der Waals surface area contributed by atoms with Gasteiger partial charge < -0.3 is 10.6 Å². The summed E-state index contributed by atoms with van der Waals surface area (Å²) in [4.78, 5) is 24.2. The van der Waals surface area contributed by atoms with Crippen molar-refractivity contribution in [3.63, 3.8) is 0 Å². The van der Waals surface area contributed by atoms with E-state index in [1.165, 1.54) is 32.2 Å². The van der Waals surface area contributed by atoms with Gasteiger partial charge in [-0.1, -0.05) is 25.1 Å². The van der Waals surface area contributed by atoms with Gasteiger partial charge in [-0.15, -0.1) is 0 Å². The predicted octanol–water partition coefficient (Wildman–Crippen LogP) is 2.20. The first-order chi connectivity index (χ1) is 12.7. The molecule has 0 bridgehead atoms. The van der Waals surface area contributed by atoms with Crippen LogP contribution in [0.3, 0.4) is 0 Å². The molecule has 2 rings (SSSR count). The molecule has 0 aliphatic heterocycles. The molecule has 1 atom stereocenters. The lowest BCUT2D eigenvalue weighted by atomic mass is 10.1. The first kappa shape index (κ1) is 20.4. The molecule has 0 aliphatic rings. The molecule has 0 fully saturated rings. The molecule has 0 saturated carbocycles. The second-order valence-electron chi connectivity index (χ2n) is 5.91. The Balaban J connectivity index is 2.06. The van der Waals surface area contributed by atoms with Gasteiger partial charge in [-0.2, -0.15) is 0 Å². The van der Waals surface area contributed by atoms with E-state index in [9.17, 15) is 22.4 Å². The van der Waals surface area contributed by atoms with Crippen LogP contribution in [0.25, 0.3) is 0 Å². The monoisotopic (exact) mass is 393 g/mol. The third-order valence-corrected chi connectivity index (χ3v) is 5.16. The van der Waals surface area contributed by atoms with Crippen LogP contribution in [0.5, 0.6) is 0 Å². The van der Waals surface area contributed by atoms with Crippen LogP contribution in [0.2, 0.25) is 0 Å². The summed E-state index contributed by atoms with van der Waals surface area (Å²) in [6, 6.07) is 11.4. The molecule has 0 heterocycles. The highest BCUT2D eigenvalue weighted by atomic mass is 32.2. The fourth-order valence-corrected chi connectivity index (χ4v) is 3.74. The lowest BCUT2D eigenvalue weighted by Crippen LogP contribution is -2.30. The Kier molecular flexibility index (Phi) is 6.51. The second-order valence-corrected chi connectivity index (χ2v) is 7.68. The van der Waals surface area contributed by atoms with Crippen LogP contribution in [0.15, 0.2) is 48.5 Å². The molecule has 9 heteroatoms. The van der Waals surface area contributed by atoms with E-state index in [1.807, 2.05) is 0 Å². The molecular weight excluding hydrogens is 373 g/mol. The molecule has 27 heavy (non-hydrogen) atoms. The highest BCUT2D eigenvalue weighted by molar-refractivity contribution is 7.92. The summed E-state index contributed by atoms with van der Waals surface area (Å²) >= 11 is 0. The Morgan fingerprint density at radius 1 is 1.11 bits per heavy atom. The third-order valence-electron chi connectivity index (χ3n) is 3.67. The van der Waals surface area contributed by atoms with Crippen LogP contribution in [-0.2, 0) is 14.8 Å². The zero-order valence-corrected chi connectivity index (χ0v) is 15.6. The summed E-state index contributed by atoms with van der Waals surface area (Å²) in [5.41, 5.74) is 0.623. The Hall–Kier alpha value is -2.94. The van der Waals surface area contributed by atoms with Gasteiger partial charge in [-0.25, -0.2) is 12.8 Å². The zero-order valence-electron chi connectivity index (χ0n) is 14.8.